The molecule has 1 heterocycles. The minimum Gasteiger partial charge on any atom is -0.494 e. The van der Waals surface area contributed by atoms with Crippen LogP contribution in [-0.2, 0) is 0 Å². The highest BCUT2D eigenvalue weighted by atomic mass is 16.5. The molecule has 0 aliphatic rings. The predicted molar refractivity (Wildman–Crippen MR) is 132 cm³/mol. The van der Waals surface area contributed by atoms with Crippen molar-refractivity contribution >= 4 is 33.5 Å². The number of ether oxygens (including phenoxy) is 1. The van der Waals surface area contributed by atoms with Crippen molar-refractivity contribution in [3.05, 3.63) is 90.5 Å². The molecule has 0 aliphatic heterocycles. The van der Waals surface area contributed by atoms with Crippen LogP contribution in [0, 0.1) is 0 Å². The predicted octanol–water partition coefficient (Wildman–Crippen LogP) is 7.08. The first-order valence-corrected chi connectivity index (χ1v) is 11.1. The van der Waals surface area contributed by atoms with E-state index in [1.54, 1.807) is 12.1 Å². The summed E-state index contributed by atoms with van der Waals surface area (Å²) in [6.45, 7) is 2.80. The van der Waals surface area contributed by atoms with E-state index in [4.69, 9.17) is 9.15 Å². The molecular weight excluding hydrogens is 412 g/mol. The highest BCUT2D eigenvalue weighted by Crippen LogP contribution is 2.31. The molecule has 5 aromatic rings. The lowest BCUT2D eigenvalue weighted by atomic mass is 10.0. The van der Waals surface area contributed by atoms with Gasteiger partial charge in [-0.3, -0.25) is 4.79 Å². The van der Waals surface area contributed by atoms with Crippen LogP contribution in [0.1, 0.15) is 30.1 Å². The second-order valence-corrected chi connectivity index (χ2v) is 7.91. The number of unbranched alkanes of at least 4 members (excludes halogenated alkanes) is 1. The van der Waals surface area contributed by atoms with Crippen LogP contribution in [0.2, 0.25) is 0 Å². The molecule has 0 saturated heterocycles. The van der Waals surface area contributed by atoms with Gasteiger partial charge in [-0.05, 0) is 65.7 Å². The van der Waals surface area contributed by atoms with Crippen molar-refractivity contribution < 1.29 is 13.9 Å². The van der Waals surface area contributed by atoms with Gasteiger partial charge in [0.15, 0.2) is 5.58 Å². The van der Waals surface area contributed by atoms with Gasteiger partial charge in [0, 0.05) is 16.8 Å². The Morgan fingerprint density at radius 1 is 0.970 bits per heavy atom. The van der Waals surface area contributed by atoms with Crippen LogP contribution < -0.4 is 10.1 Å². The van der Waals surface area contributed by atoms with E-state index in [1.807, 2.05) is 54.6 Å². The Hall–Kier alpha value is -4.12. The summed E-state index contributed by atoms with van der Waals surface area (Å²) in [5.41, 5.74) is 3.53. The molecule has 0 aliphatic carbocycles. The molecule has 164 valence electrons. The average molecular weight is 437 g/mol. The van der Waals surface area contributed by atoms with Crippen LogP contribution in [0.15, 0.2) is 89.3 Å². The number of oxazole rings is 1. The highest BCUT2D eigenvalue weighted by molar-refractivity contribution is 6.05. The van der Waals surface area contributed by atoms with Crippen molar-refractivity contribution in [3.63, 3.8) is 0 Å². The number of hydrogen-bond acceptors (Lipinski definition) is 4. The Kier molecular flexibility index (Phi) is 5.77. The van der Waals surface area contributed by atoms with Gasteiger partial charge in [0.2, 0.25) is 5.89 Å². The van der Waals surface area contributed by atoms with Crippen LogP contribution in [0.4, 0.5) is 5.69 Å². The zero-order chi connectivity index (χ0) is 22.6. The molecule has 33 heavy (non-hydrogen) atoms. The first-order chi connectivity index (χ1) is 16.2. The third kappa shape index (κ3) is 4.44. The van der Waals surface area contributed by atoms with E-state index in [9.17, 15) is 4.79 Å². The van der Waals surface area contributed by atoms with E-state index in [0.29, 0.717) is 34.8 Å². The van der Waals surface area contributed by atoms with Gasteiger partial charge >= 0.3 is 0 Å². The monoisotopic (exact) mass is 436 g/mol. The minimum absolute atomic E-state index is 0.188. The summed E-state index contributed by atoms with van der Waals surface area (Å²) < 4.78 is 11.7. The Morgan fingerprint density at radius 2 is 1.79 bits per heavy atom. The van der Waals surface area contributed by atoms with Crippen molar-refractivity contribution in [2.75, 3.05) is 11.9 Å². The summed E-state index contributed by atoms with van der Waals surface area (Å²) in [7, 11) is 0. The number of benzene rings is 4. The van der Waals surface area contributed by atoms with E-state index in [-0.39, 0.29) is 5.91 Å². The molecule has 1 aromatic heterocycles. The number of rotatable bonds is 7. The third-order valence-corrected chi connectivity index (χ3v) is 5.55. The standard InChI is InChI=1S/C28H24N2O3/c1-2-3-17-32-22-14-11-20(12-15-22)27(31)29-21-13-16-26-25(18-21)30-28(33-26)24-10-6-8-19-7-4-5-9-23(19)24/h4-16,18H,2-3,17H2,1H3,(H,29,31). The second kappa shape index (κ2) is 9.17. The van der Waals surface area contributed by atoms with Gasteiger partial charge in [-0.2, -0.15) is 0 Å². The summed E-state index contributed by atoms with van der Waals surface area (Å²) in [4.78, 5) is 17.4. The van der Waals surface area contributed by atoms with Gasteiger partial charge in [0.25, 0.3) is 5.91 Å². The van der Waals surface area contributed by atoms with Gasteiger partial charge in [-0.15, -0.1) is 0 Å². The van der Waals surface area contributed by atoms with Crippen LogP contribution in [0.25, 0.3) is 33.3 Å². The number of fused-ring (bicyclic) bond motifs is 2. The van der Waals surface area contributed by atoms with Crippen LogP contribution in [0.3, 0.4) is 0 Å². The molecule has 1 amide bonds. The number of hydrogen-bond donors (Lipinski definition) is 1. The maximum atomic E-state index is 12.7. The molecule has 0 fully saturated rings. The number of aromatic nitrogens is 1. The van der Waals surface area contributed by atoms with Gasteiger partial charge in [-0.1, -0.05) is 49.7 Å². The van der Waals surface area contributed by atoms with Crippen molar-refractivity contribution in [1.82, 2.24) is 4.98 Å². The molecule has 0 atom stereocenters. The molecule has 0 spiro atoms. The summed E-state index contributed by atoms with van der Waals surface area (Å²) in [6, 6.07) is 26.9. The van der Waals surface area contributed by atoms with Crippen LogP contribution in [-0.4, -0.2) is 17.5 Å². The SMILES string of the molecule is CCCCOc1ccc(C(=O)Nc2ccc3oc(-c4cccc5ccccc45)nc3c2)cc1. The first-order valence-electron chi connectivity index (χ1n) is 11.1. The Labute approximate surface area is 192 Å². The Bertz CT molecular complexity index is 1420. The minimum atomic E-state index is -0.188. The summed E-state index contributed by atoms with van der Waals surface area (Å²) in [6.07, 6.45) is 2.09. The number of carbonyl (C=O) groups excluding carboxylic acids is 1. The zero-order valence-electron chi connectivity index (χ0n) is 18.4. The van der Waals surface area contributed by atoms with E-state index >= 15 is 0 Å². The lowest BCUT2D eigenvalue weighted by molar-refractivity contribution is 0.102. The summed E-state index contributed by atoms with van der Waals surface area (Å²) in [5.74, 6) is 1.14. The maximum Gasteiger partial charge on any atom is 0.255 e. The molecular formula is C28H24N2O3. The summed E-state index contributed by atoms with van der Waals surface area (Å²) >= 11 is 0. The molecule has 5 nitrogen and oxygen atoms in total. The van der Waals surface area contributed by atoms with E-state index < -0.39 is 0 Å². The van der Waals surface area contributed by atoms with Crippen molar-refractivity contribution in [2.24, 2.45) is 0 Å². The second-order valence-electron chi connectivity index (χ2n) is 7.91. The average Bonchev–Trinajstić information content (AvgIpc) is 3.27. The smallest absolute Gasteiger partial charge is 0.255 e. The number of nitrogens with zero attached hydrogens (tertiary/aromatic N) is 1. The first kappa shape index (κ1) is 20.8. The van der Waals surface area contributed by atoms with Crippen molar-refractivity contribution in [3.8, 4) is 17.2 Å². The largest absolute Gasteiger partial charge is 0.494 e. The molecule has 0 radical (unpaired) electrons. The number of anilines is 1. The van der Waals surface area contributed by atoms with Gasteiger partial charge in [0.05, 0.1) is 6.61 Å². The number of nitrogens with one attached hydrogen (secondary N) is 1. The van der Waals surface area contributed by atoms with Crippen LogP contribution >= 0.6 is 0 Å². The maximum absolute atomic E-state index is 12.7. The normalized spacial score (nSPS) is 11.1. The quantitative estimate of drug-likeness (QED) is 0.277. The van der Waals surface area contributed by atoms with Crippen molar-refractivity contribution in [2.45, 2.75) is 19.8 Å². The van der Waals surface area contributed by atoms with Gasteiger partial charge in [0.1, 0.15) is 11.3 Å². The molecule has 0 unspecified atom stereocenters. The topological polar surface area (TPSA) is 64.4 Å². The van der Waals surface area contributed by atoms with E-state index in [0.717, 1.165) is 34.9 Å². The van der Waals surface area contributed by atoms with Gasteiger partial charge < -0.3 is 14.5 Å². The molecule has 0 bridgehead atoms. The molecule has 5 rings (SSSR count). The Balaban J connectivity index is 1.35. The fourth-order valence-corrected chi connectivity index (χ4v) is 3.77. The Morgan fingerprint density at radius 3 is 2.64 bits per heavy atom. The molecule has 0 saturated carbocycles. The fraction of sp³-hybridized carbons (Fsp3) is 0.143. The lowest BCUT2D eigenvalue weighted by Crippen LogP contribution is -2.11. The van der Waals surface area contributed by atoms with Crippen LogP contribution in [0.5, 0.6) is 5.75 Å². The molecule has 5 heteroatoms. The number of carbonyl (C=O) groups is 1. The molecule has 4 aromatic carbocycles. The lowest BCUT2D eigenvalue weighted by Gasteiger charge is -2.07. The van der Waals surface area contributed by atoms with Crippen molar-refractivity contribution in [1.29, 1.82) is 0 Å². The van der Waals surface area contributed by atoms with Gasteiger partial charge in [-0.25, -0.2) is 4.98 Å². The van der Waals surface area contributed by atoms with E-state index in [2.05, 4.69) is 35.4 Å². The van der Waals surface area contributed by atoms with E-state index in [1.165, 1.54) is 0 Å². The zero-order valence-corrected chi connectivity index (χ0v) is 18.4. The third-order valence-electron chi connectivity index (χ3n) is 5.55. The highest BCUT2D eigenvalue weighted by Gasteiger charge is 2.13. The molecule has 1 N–H and O–H groups in total. The fourth-order valence-electron chi connectivity index (χ4n) is 3.77. The number of amides is 1. The summed E-state index contributed by atoms with van der Waals surface area (Å²) in [5, 5.41) is 5.16.